The Kier molecular flexibility index (Phi) is 8.38. The Bertz CT molecular complexity index is 1430. The molecule has 1 heterocycles. The SMILES string of the molecule is O=C(O)CCC(Oc1ccccc1COc1ccc(/C=C/c2ccc3ccc(Cl)cc3n2)cc1)C(=O)O. The van der Waals surface area contributed by atoms with Crippen LogP contribution in [0.1, 0.15) is 29.7 Å². The number of hydrogen-bond donors (Lipinski definition) is 2. The third-order valence-electron chi connectivity index (χ3n) is 5.53. The quantitative estimate of drug-likeness (QED) is 0.239. The first-order valence-corrected chi connectivity index (χ1v) is 11.9. The third kappa shape index (κ3) is 7.32. The number of nitrogens with zero attached hydrogens (tertiary/aromatic N) is 1. The fourth-order valence-electron chi connectivity index (χ4n) is 3.60. The second-order valence-corrected chi connectivity index (χ2v) is 8.69. The number of para-hydroxylation sites is 1. The first-order valence-electron chi connectivity index (χ1n) is 11.5. The summed E-state index contributed by atoms with van der Waals surface area (Å²) >= 11 is 6.07. The van der Waals surface area contributed by atoms with E-state index in [2.05, 4.69) is 4.98 Å². The lowest BCUT2D eigenvalue weighted by atomic mass is 10.1. The van der Waals surface area contributed by atoms with Crippen LogP contribution >= 0.6 is 11.6 Å². The maximum Gasteiger partial charge on any atom is 0.344 e. The van der Waals surface area contributed by atoms with Gasteiger partial charge in [-0.1, -0.05) is 60.1 Å². The van der Waals surface area contributed by atoms with E-state index in [1.807, 2.05) is 66.7 Å². The van der Waals surface area contributed by atoms with Crippen molar-refractivity contribution in [1.82, 2.24) is 4.98 Å². The average molecular weight is 518 g/mol. The molecule has 0 spiro atoms. The lowest BCUT2D eigenvalue weighted by molar-refractivity contribution is -0.146. The van der Waals surface area contributed by atoms with E-state index in [9.17, 15) is 14.7 Å². The van der Waals surface area contributed by atoms with E-state index in [1.54, 1.807) is 24.3 Å². The maximum absolute atomic E-state index is 11.5. The van der Waals surface area contributed by atoms with Crippen molar-refractivity contribution in [2.75, 3.05) is 0 Å². The average Bonchev–Trinajstić information content (AvgIpc) is 2.89. The molecule has 37 heavy (non-hydrogen) atoms. The molecule has 0 saturated heterocycles. The molecule has 1 unspecified atom stereocenters. The summed E-state index contributed by atoms with van der Waals surface area (Å²) in [7, 11) is 0. The summed E-state index contributed by atoms with van der Waals surface area (Å²) in [6.45, 7) is 0.153. The molecule has 0 aliphatic heterocycles. The standard InChI is InChI=1S/C29H24ClNO6/c30-22-10-8-20-9-12-23(31-25(20)17-22)11-5-19-6-13-24(14-7-19)36-18-21-3-1-2-4-26(21)37-27(29(34)35)15-16-28(32)33/h1-14,17,27H,15-16,18H2,(H,32,33)(H,34,35)/b11-5+. The fraction of sp³-hybridized carbons (Fsp3) is 0.138. The Morgan fingerprint density at radius 2 is 1.70 bits per heavy atom. The summed E-state index contributed by atoms with van der Waals surface area (Å²) < 4.78 is 11.5. The Morgan fingerprint density at radius 3 is 2.46 bits per heavy atom. The zero-order valence-electron chi connectivity index (χ0n) is 19.7. The van der Waals surface area contributed by atoms with Gasteiger partial charge in [-0.15, -0.1) is 0 Å². The molecule has 0 saturated carbocycles. The van der Waals surface area contributed by atoms with Gasteiger partial charge in [0.25, 0.3) is 0 Å². The van der Waals surface area contributed by atoms with E-state index >= 15 is 0 Å². The molecule has 4 rings (SSSR count). The van der Waals surface area contributed by atoms with Crippen LogP contribution in [0.4, 0.5) is 0 Å². The number of pyridine rings is 1. The third-order valence-corrected chi connectivity index (χ3v) is 5.77. The number of aromatic nitrogens is 1. The molecule has 188 valence electrons. The van der Waals surface area contributed by atoms with E-state index in [1.165, 1.54) is 0 Å². The van der Waals surface area contributed by atoms with Crippen LogP contribution in [-0.4, -0.2) is 33.2 Å². The normalized spacial score (nSPS) is 11.9. The topological polar surface area (TPSA) is 106 Å². The molecule has 0 aliphatic carbocycles. The van der Waals surface area contributed by atoms with E-state index in [0.29, 0.717) is 22.1 Å². The first-order chi connectivity index (χ1) is 17.9. The molecule has 0 amide bonds. The zero-order chi connectivity index (χ0) is 26.2. The van der Waals surface area contributed by atoms with Crippen LogP contribution in [0, 0.1) is 0 Å². The highest BCUT2D eigenvalue weighted by atomic mass is 35.5. The summed E-state index contributed by atoms with van der Waals surface area (Å²) in [5.41, 5.74) is 3.26. The van der Waals surface area contributed by atoms with Gasteiger partial charge in [0.05, 0.1) is 11.2 Å². The monoisotopic (exact) mass is 517 g/mol. The smallest absolute Gasteiger partial charge is 0.344 e. The first kappa shape index (κ1) is 25.7. The van der Waals surface area contributed by atoms with Gasteiger partial charge in [-0.05, 0) is 48.0 Å². The van der Waals surface area contributed by atoms with Crippen molar-refractivity contribution in [3.8, 4) is 11.5 Å². The number of halogens is 1. The largest absolute Gasteiger partial charge is 0.489 e. The van der Waals surface area contributed by atoms with Crippen molar-refractivity contribution in [3.63, 3.8) is 0 Å². The molecule has 2 N–H and O–H groups in total. The van der Waals surface area contributed by atoms with E-state index < -0.39 is 18.0 Å². The van der Waals surface area contributed by atoms with Crippen molar-refractivity contribution in [1.29, 1.82) is 0 Å². The second-order valence-electron chi connectivity index (χ2n) is 8.25. The van der Waals surface area contributed by atoms with Crippen molar-refractivity contribution >= 4 is 46.6 Å². The summed E-state index contributed by atoms with van der Waals surface area (Å²) in [5.74, 6) is -1.33. The summed E-state index contributed by atoms with van der Waals surface area (Å²) in [6.07, 6.45) is 2.17. The Morgan fingerprint density at radius 1 is 0.946 bits per heavy atom. The van der Waals surface area contributed by atoms with Crippen LogP contribution < -0.4 is 9.47 Å². The second kappa shape index (κ2) is 12.1. The molecule has 3 aromatic carbocycles. The lowest BCUT2D eigenvalue weighted by Gasteiger charge is -2.17. The molecule has 7 nitrogen and oxygen atoms in total. The van der Waals surface area contributed by atoms with Gasteiger partial charge in [0.1, 0.15) is 18.1 Å². The number of ether oxygens (including phenoxy) is 2. The molecule has 4 aromatic rings. The number of aliphatic carboxylic acids is 2. The van der Waals surface area contributed by atoms with Gasteiger partial charge in [-0.2, -0.15) is 0 Å². The number of carboxylic acid groups (broad SMARTS) is 2. The van der Waals surface area contributed by atoms with Crippen LogP contribution in [0.2, 0.25) is 5.02 Å². The minimum Gasteiger partial charge on any atom is -0.489 e. The summed E-state index contributed by atoms with van der Waals surface area (Å²) in [4.78, 5) is 26.9. The molecule has 0 aliphatic rings. The summed E-state index contributed by atoms with van der Waals surface area (Å²) in [5, 5.41) is 19.9. The fourth-order valence-corrected chi connectivity index (χ4v) is 3.76. The zero-order valence-corrected chi connectivity index (χ0v) is 20.5. The van der Waals surface area contributed by atoms with E-state index in [0.717, 1.165) is 22.2 Å². The van der Waals surface area contributed by atoms with Gasteiger partial charge >= 0.3 is 11.9 Å². The van der Waals surface area contributed by atoms with Gasteiger partial charge < -0.3 is 19.7 Å². The van der Waals surface area contributed by atoms with Crippen molar-refractivity contribution in [3.05, 3.63) is 101 Å². The molecule has 1 atom stereocenters. The Balaban J connectivity index is 1.38. The number of benzene rings is 3. The molecule has 0 bridgehead atoms. The van der Waals surface area contributed by atoms with Crippen LogP contribution in [0.25, 0.3) is 23.1 Å². The van der Waals surface area contributed by atoms with Gasteiger partial charge in [0.2, 0.25) is 0 Å². The van der Waals surface area contributed by atoms with Crippen LogP contribution in [0.3, 0.4) is 0 Å². The predicted molar refractivity (Wildman–Crippen MR) is 142 cm³/mol. The van der Waals surface area contributed by atoms with E-state index in [4.69, 9.17) is 26.2 Å². The predicted octanol–water partition coefficient (Wildman–Crippen LogP) is 6.33. The summed E-state index contributed by atoms with van der Waals surface area (Å²) in [6, 6.07) is 24.0. The minimum absolute atomic E-state index is 0.142. The van der Waals surface area contributed by atoms with Gasteiger partial charge in [0, 0.05) is 28.8 Å². The van der Waals surface area contributed by atoms with E-state index in [-0.39, 0.29) is 19.4 Å². The van der Waals surface area contributed by atoms with Crippen LogP contribution in [-0.2, 0) is 16.2 Å². The van der Waals surface area contributed by atoms with Crippen LogP contribution in [0.15, 0.2) is 78.9 Å². The number of carbonyl (C=O) groups is 2. The Labute approximate surface area is 218 Å². The number of rotatable bonds is 11. The van der Waals surface area contributed by atoms with Crippen LogP contribution in [0.5, 0.6) is 11.5 Å². The lowest BCUT2D eigenvalue weighted by Crippen LogP contribution is -2.28. The molecule has 0 fully saturated rings. The van der Waals surface area contributed by atoms with Crippen molar-refractivity contribution in [2.45, 2.75) is 25.6 Å². The number of carboxylic acids is 2. The molecular weight excluding hydrogens is 494 g/mol. The molecule has 1 aromatic heterocycles. The number of fused-ring (bicyclic) bond motifs is 1. The Hall–Kier alpha value is -4.36. The highest BCUT2D eigenvalue weighted by Crippen LogP contribution is 2.24. The molecule has 0 radical (unpaired) electrons. The van der Waals surface area contributed by atoms with Gasteiger partial charge in [0.15, 0.2) is 6.10 Å². The van der Waals surface area contributed by atoms with Crippen molar-refractivity contribution in [2.24, 2.45) is 0 Å². The van der Waals surface area contributed by atoms with Gasteiger partial charge in [-0.3, -0.25) is 4.79 Å². The number of hydrogen-bond acceptors (Lipinski definition) is 5. The molecular formula is C29H24ClNO6. The van der Waals surface area contributed by atoms with Crippen molar-refractivity contribution < 1.29 is 29.3 Å². The highest BCUT2D eigenvalue weighted by Gasteiger charge is 2.22. The maximum atomic E-state index is 11.5. The minimum atomic E-state index is -1.27. The highest BCUT2D eigenvalue weighted by molar-refractivity contribution is 6.31. The molecule has 8 heteroatoms. The van der Waals surface area contributed by atoms with Gasteiger partial charge in [-0.25, -0.2) is 9.78 Å².